The van der Waals surface area contributed by atoms with Crippen molar-refractivity contribution in [2.24, 2.45) is 0 Å². The molecular weight excluding hydrogens is 374 g/mol. The number of hydrogen-bond acceptors (Lipinski definition) is 4. The molecule has 144 valence electrons. The summed E-state index contributed by atoms with van der Waals surface area (Å²) in [7, 11) is -3.44. The number of benzene rings is 3. The van der Waals surface area contributed by atoms with Gasteiger partial charge in [0.1, 0.15) is 0 Å². The van der Waals surface area contributed by atoms with Crippen molar-refractivity contribution in [1.82, 2.24) is 5.43 Å². The second-order valence-electron chi connectivity index (χ2n) is 6.35. The van der Waals surface area contributed by atoms with E-state index < -0.39 is 10.0 Å². The summed E-state index contributed by atoms with van der Waals surface area (Å²) in [6.45, 7) is 1.77. The molecule has 0 saturated heterocycles. The molecule has 0 aliphatic rings. The SMILES string of the molecule is Cc1ccc(C(=O)NN(c2ccccc2)c2ccccc2)cc1NS(C)(=O)=O. The van der Waals surface area contributed by atoms with E-state index in [2.05, 4.69) is 10.1 Å². The van der Waals surface area contributed by atoms with Crippen molar-refractivity contribution in [2.45, 2.75) is 6.92 Å². The number of sulfonamides is 1. The van der Waals surface area contributed by atoms with Crippen LogP contribution in [0, 0.1) is 6.92 Å². The zero-order valence-electron chi connectivity index (χ0n) is 15.6. The Morgan fingerprint density at radius 2 is 1.39 bits per heavy atom. The molecule has 28 heavy (non-hydrogen) atoms. The highest BCUT2D eigenvalue weighted by Gasteiger charge is 2.15. The van der Waals surface area contributed by atoms with Crippen LogP contribution >= 0.6 is 0 Å². The predicted octanol–water partition coefficient (Wildman–Crippen LogP) is 3.85. The van der Waals surface area contributed by atoms with Gasteiger partial charge < -0.3 is 0 Å². The highest BCUT2D eigenvalue weighted by Crippen LogP contribution is 2.24. The minimum atomic E-state index is -3.44. The summed E-state index contributed by atoms with van der Waals surface area (Å²) in [6, 6.07) is 23.8. The van der Waals surface area contributed by atoms with Gasteiger partial charge in [0.15, 0.2) is 0 Å². The number of hydrogen-bond donors (Lipinski definition) is 2. The maximum absolute atomic E-state index is 12.9. The first-order valence-electron chi connectivity index (χ1n) is 8.63. The number of aryl methyl sites for hydroxylation is 1. The Morgan fingerprint density at radius 1 is 0.857 bits per heavy atom. The molecule has 6 nitrogen and oxygen atoms in total. The molecule has 0 aliphatic carbocycles. The summed E-state index contributed by atoms with van der Waals surface area (Å²) < 4.78 is 25.6. The molecule has 0 aromatic heterocycles. The molecule has 3 aromatic rings. The second-order valence-corrected chi connectivity index (χ2v) is 8.10. The van der Waals surface area contributed by atoms with E-state index in [1.165, 1.54) is 6.07 Å². The first-order valence-corrected chi connectivity index (χ1v) is 10.5. The Labute approximate surface area is 164 Å². The number of nitrogens with one attached hydrogen (secondary N) is 2. The van der Waals surface area contributed by atoms with Gasteiger partial charge in [-0.05, 0) is 48.9 Å². The van der Waals surface area contributed by atoms with E-state index in [4.69, 9.17) is 0 Å². The normalized spacial score (nSPS) is 10.9. The summed E-state index contributed by atoms with van der Waals surface area (Å²) in [5, 5.41) is 1.69. The third-order valence-corrected chi connectivity index (χ3v) is 4.63. The molecule has 0 unspecified atom stereocenters. The fourth-order valence-corrected chi connectivity index (χ4v) is 3.29. The van der Waals surface area contributed by atoms with E-state index >= 15 is 0 Å². The van der Waals surface area contributed by atoms with Crippen LogP contribution in [0.25, 0.3) is 0 Å². The molecule has 7 heteroatoms. The fourth-order valence-electron chi connectivity index (χ4n) is 2.67. The summed E-state index contributed by atoms with van der Waals surface area (Å²) >= 11 is 0. The van der Waals surface area contributed by atoms with Crippen molar-refractivity contribution >= 4 is 33.0 Å². The predicted molar refractivity (Wildman–Crippen MR) is 112 cm³/mol. The molecule has 0 aliphatic heterocycles. The number of carbonyl (C=O) groups is 1. The third-order valence-electron chi connectivity index (χ3n) is 4.04. The highest BCUT2D eigenvalue weighted by molar-refractivity contribution is 7.92. The Balaban J connectivity index is 1.92. The zero-order valence-corrected chi connectivity index (χ0v) is 16.4. The standard InChI is InChI=1S/C21H21N3O3S/c1-16-13-14-17(15-20(16)23-28(2,26)27)21(25)22-24(18-9-5-3-6-10-18)19-11-7-4-8-12-19/h3-15,23H,1-2H3,(H,22,25). The smallest absolute Gasteiger partial charge is 0.270 e. The van der Waals surface area contributed by atoms with Gasteiger partial charge in [-0.2, -0.15) is 0 Å². The van der Waals surface area contributed by atoms with E-state index in [1.54, 1.807) is 24.1 Å². The number of amides is 1. The van der Waals surface area contributed by atoms with Gasteiger partial charge in [0, 0.05) is 5.56 Å². The van der Waals surface area contributed by atoms with Gasteiger partial charge in [0.05, 0.1) is 23.3 Å². The number of hydrazine groups is 1. The zero-order chi connectivity index (χ0) is 20.1. The van der Waals surface area contributed by atoms with Crippen LogP contribution in [-0.2, 0) is 10.0 Å². The average molecular weight is 395 g/mol. The van der Waals surface area contributed by atoms with Crippen molar-refractivity contribution in [1.29, 1.82) is 0 Å². The van der Waals surface area contributed by atoms with Gasteiger partial charge in [-0.25, -0.2) is 8.42 Å². The number of anilines is 3. The Hall–Kier alpha value is -3.32. The Morgan fingerprint density at radius 3 is 1.89 bits per heavy atom. The maximum atomic E-state index is 12.9. The summed E-state index contributed by atoms with van der Waals surface area (Å²) in [5.41, 5.74) is 5.93. The summed E-state index contributed by atoms with van der Waals surface area (Å²) in [5.74, 6) is -0.357. The van der Waals surface area contributed by atoms with Gasteiger partial charge >= 0.3 is 0 Å². The highest BCUT2D eigenvalue weighted by atomic mass is 32.2. The minimum Gasteiger partial charge on any atom is -0.283 e. The number of rotatable bonds is 6. The van der Waals surface area contributed by atoms with Crippen molar-refractivity contribution in [2.75, 3.05) is 16.0 Å². The molecular formula is C21H21N3O3S. The minimum absolute atomic E-state index is 0.341. The lowest BCUT2D eigenvalue weighted by Crippen LogP contribution is -2.39. The van der Waals surface area contributed by atoms with Gasteiger partial charge in [0.25, 0.3) is 5.91 Å². The van der Waals surface area contributed by atoms with E-state index in [-0.39, 0.29) is 5.91 Å². The maximum Gasteiger partial charge on any atom is 0.270 e. The lowest BCUT2D eigenvalue weighted by Gasteiger charge is -2.25. The van der Waals surface area contributed by atoms with Crippen LogP contribution in [-0.4, -0.2) is 20.6 Å². The van der Waals surface area contributed by atoms with E-state index in [9.17, 15) is 13.2 Å². The van der Waals surface area contributed by atoms with Crippen LogP contribution in [0.15, 0.2) is 78.9 Å². The van der Waals surface area contributed by atoms with Crippen LogP contribution < -0.4 is 15.2 Å². The van der Waals surface area contributed by atoms with Gasteiger partial charge in [-0.15, -0.1) is 0 Å². The van der Waals surface area contributed by atoms with E-state index in [0.29, 0.717) is 11.3 Å². The van der Waals surface area contributed by atoms with Crippen molar-refractivity contribution < 1.29 is 13.2 Å². The van der Waals surface area contributed by atoms with Gasteiger partial charge in [0.2, 0.25) is 10.0 Å². The van der Waals surface area contributed by atoms with Crippen LogP contribution in [0.5, 0.6) is 0 Å². The largest absolute Gasteiger partial charge is 0.283 e. The molecule has 3 aromatic carbocycles. The monoisotopic (exact) mass is 395 g/mol. The molecule has 0 heterocycles. The van der Waals surface area contributed by atoms with Gasteiger partial charge in [-0.1, -0.05) is 42.5 Å². The molecule has 0 saturated carbocycles. The second kappa shape index (κ2) is 8.14. The molecule has 3 rings (SSSR count). The molecule has 0 radical (unpaired) electrons. The summed E-state index contributed by atoms with van der Waals surface area (Å²) in [6.07, 6.45) is 1.08. The van der Waals surface area contributed by atoms with Crippen LogP contribution in [0.2, 0.25) is 0 Å². The first-order chi connectivity index (χ1) is 13.3. The van der Waals surface area contributed by atoms with Crippen LogP contribution in [0.3, 0.4) is 0 Å². The van der Waals surface area contributed by atoms with Crippen molar-refractivity contribution in [3.63, 3.8) is 0 Å². The first kappa shape index (κ1) is 19.4. The molecule has 0 atom stereocenters. The lowest BCUT2D eigenvalue weighted by atomic mass is 10.1. The summed E-state index contributed by atoms with van der Waals surface area (Å²) in [4.78, 5) is 12.9. The van der Waals surface area contributed by atoms with Gasteiger partial charge in [-0.3, -0.25) is 20.0 Å². The fraction of sp³-hybridized carbons (Fsp3) is 0.0952. The molecule has 0 bridgehead atoms. The topological polar surface area (TPSA) is 78.5 Å². The molecule has 0 spiro atoms. The van der Waals surface area contributed by atoms with E-state index in [0.717, 1.165) is 23.2 Å². The Kier molecular flexibility index (Phi) is 5.65. The number of nitrogens with zero attached hydrogens (tertiary/aromatic N) is 1. The van der Waals surface area contributed by atoms with Crippen molar-refractivity contribution in [3.05, 3.63) is 90.0 Å². The Bertz CT molecular complexity index is 1030. The van der Waals surface area contributed by atoms with Crippen LogP contribution in [0.1, 0.15) is 15.9 Å². The third kappa shape index (κ3) is 4.89. The van der Waals surface area contributed by atoms with Crippen molar-refractivity contribution in [3.8, 4) is 0 Å². The van der Waals surface area contributed by atoms with Crippen LogP contribution in [0.4, 0.5) is 17.1 Å². The molecule has 0 fully saturated rings. The molecule has 2 N–H and O–H groups in total. The lowest BCUT2D eigenvalue weighted by molar-refractivity contribution is 0.0953. The number of carbonyl (C=O) groups excluding carboxylic acids is 1. The van der Waals surface area contributed by atoms with E-state index in [1.807, 2.05) is 60.7 Å². The average Bonchev–Trinajstić information content (AvgIpc) is 2.68. The molecule has 1 amide bonds. The quantitative estimate of drug-likeness (QED) is 0.622. The number of para-hydroxylation sites is 2.